The van der Waals surface area contributed by atoms with Crippen LogP contribution in [0.3, 0.4) is 0 Å². The first-order chi connectivity index (χ1) is 13.1. The molecule has 0 aliphatic rings. The second-order valence-corrected chi connectivity index (χ2v) is 6.81. The van der Waals surface area contributed by atoms with Gasteiger partial charge in [0.15, 0.2) is 0 Å². The Hall–Kier alpha value is -3.11. The number of aromatic nitrogens is 2. The molecule has 0 saturated carbocycles. The van der Waals surface area contributed by atoms with E-state index in [1.807, 2.05) is 73.7 Å². The highest BCUT2D eigenvalue weighted by Gasteiger charge is 2.20. The second kappa shape index (κ2) is 7.25. The molecule has 0 unspecified atom stereocenters. The van der Waals surface area contributed by atoms with Gasteiger partial charge in [-0.1, -0.05) is 48.0 Å². The first kappa shape index (κ1) is 17.3. The summed E-state index contributed by atoms with van der Waals surface area (Å²) in [5, 5.41) is 15.9. The molecule has 134 valence electrons. The van der Waals surface area contributed by atoms with Crippen LogP contribution in [0.4, 0.5) is 5.82 Å². The number of pyridine rings is 2. The quantitative estimate of drug-likeness (QED) is 0.494. The van der Waals surface area contributed by atoms with Crippen LogP contribution in [-0.2, 0) is 0 Å². The van der Waals surface area contributed by atoms with Gasteiger partial charge >= 0.3 is 0 Å². The van der Waals surface area contributed by atoms with Gasteiger partial charge in [0, 0.05) is 27.9 Å². The standard InChI is InChI=1S/C22H18ClN3O/c1-14-4-2-6-19(25-14)26-20(16-7-10-17(23)11-8-16)18-12-9-15-5-3-13-24-21(15)22(18)27/h2-13,20,27H,1H3,(H,25,26)/t20-/m1/s1. The van der Waals surface area contributed by atoms with Crippen molar-refractivity contribution in [2.75, 3.05) is 5.32 Å². The summed E-state index contributed by atoms with van der Waals surface area (Å²) in [7, 11) is 0. The van der Waals surface area contributed by atoms with E-state index in [9.17, 15) is 5.11 Å². The molecule has 4 nitrogen and oxygen atoms in total. The fourth-order valence-electron chi connectivity index (χ4n) is 3.15. The number of phenols is 1. The Balaban J connectivity index is 1.84. The van der Waals surface area contributed by atoms with Crippen molar-refractivity contribution in [2.45, 2.75) is 13.0 Å². The monoisotopic (exact) mass is 375 g/mol. The lowest BCUT2D eigenvalue weighted by Gasteiger charge is -2.22. The van der Waals surface area contributed by atoms with Gasteiger partial charge in [0.2, 0.25) is 0 Å². The number of hydrogen-bond acceptors (Lipinski definition) is 4. The number of anilines is 1. The minimum Gasteiger partial charge on any atom is -0.505 e. The van der Waals surface area contributed by atoms with Gasteiger partial charge in [-0.25, -0.2) is 4.98 Å². The third kappa shape index (κ3) is 3.57. The van der Waals surface area contributed by atoms with Crippen LogP contribution in [0.25, 0.3) is 10.9 Å². The zero-order valence-electron chi connectivity index (χ0n) is 14.7. The maximum absolute atomic E-state index is 10.9. The predicted molar refractivity (Wildman–Crippen MR) is 109 cm³/mol. The average molecular weight is 376 g/mol. The van der Waals surface area contributed by atoms with Crippen molar-refractivity contribution in [1.29, 1.82) is 0 Å². The topological polar surface area (TPSA) is 58.0 Å². The molecule has 2 heterocycles. The van der Waals surface area contributed by atoms with E-state index in [0.717, 1.165) is 28.0 Å². The highest BCUT2D eigenvalue weighted by molar-refractivity contribution is 6.30. The zero-order chi connectivity index (χ0) is 18.8. The van der Waals surface area contributed by atoms with Gasteiger partial charge in [0.25, 0.3) is 0 Å². The lowest BCUT2D eigenvalue weighted by Crippen LogP contribution is -2.14. The van der Waals surface area contributed by atoms with Gasteiger partial charge in [-0.15, -0.1) is 0 Å². The van der Waals surface area contributed by atoms with Gasteiger partial charge in [-0.05, 0) is 42.8 Å². The molecule has 2 N–H and O–H groups in total. The largest absolute Gasteiger partial charge is 0.505 e. The van der Waals surface area contributed by atoms with Crippen LogP contribution >= 0.6 is 11.6 Å². The molecule has 0 amide bonds. The molecule has 4 rings (SSSR count). The van der Waals surface area contributed by atoms with Crippen LogP contribution in [0.1, 0.15) is 22.9 Å². The number of phenolic OH excluding ortho intramolecular Hbond substituents is 1. The minimum absolute atomic E-state index is 0.160. The third-order valence-electron chi connectivity index (χ3n) is 4.47. The number of aromatic hydroxyl groups is 1. The Labute approximate surface area is 162 Å². The van der Waals surface area contributed by atoms with Crippen LogP contribution in [0.2, 0.25) is 5.02 Å². The average Bonchev–Trinajstić information content (AvgIpc) is 2.68. The summed E-state index contributed by atoms with van der Waals surface area (Å²) in [6.07, 6.45) is 1.68. The molecule has 1 atom stereocenters. The van der Waals surface area contributed by atoms with E-state index in [-0.39, 0.29) is 11.8 Å². The van der Waals surface area contributed by atoms with Gasteiger partial charge < -0.3 is 10.4 Å². The number of benzene rings is 2. The molecule has 0 fully saturated rings. The maximum Gasteiger partial charge on any atom is 0.147 e. The number of rotatable bonds is 4. The van der Waals surface area contributed by atoms with E-state index in [2.05, 4.69) is 15.3 Å². The summed E-state index contributed by atoms with van der Waals surface area (Å²) in [6, 6.07) is 20.7. The molecule has 0 radical (unpaired) electrons. The smallest absolute Gasteiger partial charge is 0.147 e. The summed E-state index contributed by atoms with van der Waals surface area (Å²) in [6.45, 7) is 1.94. The van der Waals surface area contributed by atoms with E-state index in [1.165, 1.54) is 0 Å². The van der Waals surface area contributed by atoms with Crippen molar-refractivity contribution in [2.24, 2.45) is 0 Å². The van der Waals surface area contributed by atoms with E-state index in [0.29, 0.717) is 10.5 Å². The van der Waals surface area contributed by atoms with Crippen LogP contribution in [0.15, 0.2) is 72.9 Å². The number of nitrogens with one attached hydrogen (secondary N) is 1. The molecule has 2 aromatic carbocycles. The van der Waals surface area contributed by atoms with Crippen LogP contribution in [0, 0.1) is 6.92 Å². The van der Waals surface area contributed by atoms with E-state index < -0.39 is 0 Å². The number of fused-ring (bicyclic) bond motifs is 1. The van der Waals surface area contributed by atoms with E-state index in [4.69, 9.17) is 11.6 Å². The molecular weight excluding hydrogens is 358 g/mol. The number of halogens is 1. The number of aryl methyl sites for hydroxylation is 1. The molecule has 0 saturated heterocycles. The Morgan fingerprint density at radius 1 is 0.963 bits per heavy atom. The molecule has 0 bridgehead atoms. The summed E-state index contributed by atoms with van der Waals surface area (Å²) < 4.78 is 0. The lowest BCUT2D eigenvalue weighted by atomic mass is 9.96. The number of hydrogen-bond donors (Lipinski definition) is 2. The lowest BCUT2D eigenvalue weighted by molar-refractivity contribution is 0.471. The van der Waals surface area contributed by atoms with Crippen LogP contribution in [-0.4, -0.2) is 15.1 Å². The molecule has 0 spiro atoms. The Morgan fingerprint density at radius 2 is 1.78 bits per heavy atom. The predicted octanol–water partition coefficient (Wildman–Crippen LogP) is 5.50. The van der Waals surface area contributed by atoms with Crippen LogP contribution < -0.4 is 5.32 Å². The van der Waals surface area contributed by atoms with E-state index in [1.54, 1.807) is 6.20 Å². The normalized spacial score (nSPS) is 12.1. The Morgan fingerprint density at radius 3 is 2.56 bits per heavy atom. The van der Waals surface area contributed by atoms with Crippen molar-refractivity contribution in [3.05, 3.63) is 94.8 Å². The summed E-state index contributed by atoms with van der Waals surface area (Å²) in [5.74, 6) is 0.892. The zero-order valence-corrected chi connectivity index (χ0v) is 15.5. The first-order valence-electron chi connectivity index (χ1n) is 8.64. The Kier molecular flexibility index (Phi) is 4.65. The maximum atomic E-state index is 10.9. The third-order valence-corrected chi connectivity index (χ3v) is 4.73. The fourth-order valence-corrected chi connectivity index (χ4v) is 3.27. The molecule has 0 aliphatic heterocycles. The van der Waals surface area contributed by atoms with Gasteiger partial charge in [-0.2, -0.15) is 0 Å². The molecule has 2 aromatic heterocycles. The minimum atomic E-state index is -0.303. The Bertz CT molecular complexity index is 1100. The van der Waals surface area contributed by atoms with Crippen LogP contribution in [0.5, 0.6) is 5.75 Å². The summed E-state index contributed by atoms with van der Waals surface area (Å²) >= 11 is 6.06. The molecule has 4 aromatic rings. The highest BCUT2D eigenvalue weighted by atomic mass is 35.5. The molecule has 27 heavy (non-hydrogen) atoms. The summed E-state index contributed by atoms with van der Waals surface area (Å²) in [4.78, 5) is 8.88. The van der Waals surface area contributed by atoms with Crippen molar-refractivity contribution in [3.8, 4) is 5.75 Å². The fraction of sp³-hybridized carbons (Fsp3) is 0.0909. The molecule has 5 heteroatoms. The van der Waals surface area contributed by atoms with Crippen molar-refractivity contribution < 1.29 is 5.11 Å². The molecule has 0 aliphatic carbocycles. The van der Waals surface area contributed by atoms with E-state index >= 15 is 0 Å². The van der Waals surface area contributed by atoms with Gasteiger partial charge in [0.1, 0.15) is 17.1 Å². The van der Waals surface area contributed by atoms with Gasteiger partial charge in [-0.3, -0.25) is 4.98 Å². The van der Waals surface area contributed by atoms with Gasteiger partial charge in [0.05, 0.1) is 6.04 Å². The SMILES string of the molecule is Cc1cccc(N[C@H](c2ccc(Cl)cc2)c2ccc3cccnc3c2O)n1. The van der Waals surface area contributed by atoms with Crippen molar-refractivity contribution in [3.63, 3.8) is 0 Å². The van der Waals surface area contributed by atoms with Crippen molar-refractivity contribution >= 4 is 28.3 Å². The molecular formula is C22H18ClN3O. The second-order valence-electron chi connectivity index (χ2n) is 6.37. The number of nitrogens with zero attached hydrogens (tertiary/aromatic N) is 2. The summed E-state index contributed by atoms with van der Waals surface area (Å²) in [5.41, 5.74) is 3.19. The first-order valence-corrected chi connectivity index (χ1v) is 9.02. The van der Waals surface area contributed by atoms with Crippen molar-refractivity contribution in [1.82, 2.24) is 9.97 Å². The highest BCUT2D eigenvalue weighted by Crippen LogP contribution is 2.36.